The molecule has 0 bridgehead atoms. The van der Waals surface area contributed by atoms with Crippen LogP contribution < -0.4 is 0 Å². The molecule has 0 saturated carbocycles. The first-order valence-electron chi connectivity index (χ1n) is 17.3. The molecule has 0 aliphatic heterocycles. The van der Waals surface area contributed by atoms with E-state index in [9.17, 15) is 0 Å². The second-order valence-corrected chi connectivity index (χ2v) is 17.8. The molecule has 0 aliphatic carbocycles. The van der Waals surface area contributed by atoms with Gasteiger partial charge in [0.05, 0.1) is 0 Å². The monoisotopic (exact) mass is 852 g/mol. The molecule has 10 aromatic rings. The molecule has 0 amide bonds. The molecular weight excluding hydrogens is 829 g/mol. The van der Waals surface area contributed by atoms with E-state index >= 15 is 0 Å². The van der Waals surface area contributed by atoms with Crippen molar-refractivity contribution in [2.24, 2.45) is 0 Å². The fourth-order valence-electron chi connectivity index (χ4n) is 6.01. The smallest absolute Gasteiger partial charge is 0.173 e. The summed E-state index contributed by atoms with van der Waals surface area (Å²) in [5, 5.41) is 5.09. The van der Waals surface area contributed by atoms with E-state index in [4.69, 9.17) is 28.1 Å². The number of nitrogens with zero attached hydrogens (tertiary/aromatic N) is 12. The summed E-state index contributed by atoms with van der Waals surface area (Å²) in [7, 11) is 0. The van der Waals surface area contributed by atoms with Crippen LogP contribution in [-0.4, -0.2) is 56.1 Å². The average Bonchev–Trinajstić information content (AvgIpc) is 4.10. The second kappa shape index (κ2) is 15.0. The van der Waals surface area contributed by atoms with E-state index in [2.05, 4.69) is 46.3 Å². The number of rotatable bonds is 9. The third kappa shape index (κ3) is 7.34. The fourth-order valence-corrected chi connectivity index (χ4v) is 9.53. The Morgan fingerprint density at radius 2 is 0.526 bits per heavy atom. The largest absolute Gasteiger partial charge is 0.220 e. The van der Waals surface area contributed by atoms with Gasteiger partial charge in [-0.3, -0.25) is 0 Å². The normalized spacial score (nSPS) is 11.4. The summed E-state index contributed by atoms with van der Waals surface area (Å²) in [6.07, 6.45) is 0. The van der Waals surface area contributed by atoms with Crippen molar-refractivity contribution in [1.29, 1.82) is 0 Å². The maximum absolute atomic E-state index is 5.02. The van der Waals surface area contributed by atoms with Crippen LogP contribution in [0.5, 0.6) is 0 Å². The summed E-state index contributed by atoms with van der Waals surface area (Å²) in [6.45, 7) is 5.86. The van der Waals surface area contributed by atoms with Crippen molar-refractivity contribution in [2.75, 3.05) is 0 Å². The predicted octanol–water partition coefficient (Wildman–Crippen LogP) is 10.7. The van der Waals surface area contributed by atoms with Crippen LogP contribution in [0.15, 0.2) is 91.0 Å². The van der Waals surface area contributed by atoms with Crippen molar-refractivity contribution in [3.8, 4) is 100 Å². The minimum Gasteiger partial charge on any atom is -0.220 e. The number of aryl methyl sites for hydroxylation is 3. The molecule has 0 unspecified atom stereocenters. The maximum atomic E-state index is 5.02. The van der Waals surface area contributed by atoms with E-state index in [1.165, 1.54) is 69.2 Å². The molecule has 0 aliphatic rings. The molecule has 0 spiro atoms. The summed E-state index contributed by atoms with van der Waals surface area (Å²) in [4.78, 5) is 28.8. The first-order chi connectivity index (χ1) is 27.9. The van der Waals surface area contributed by atoms with Crippen LogP contribution in [0, 0.1) is 20.8 Å². The van der Waals surface area contributed by atoms with Crippen molar-refractivity contribution in [2.45, 2.75) is 20.8 Å². The SMILES string of the molecule is Cc1nc(-c2cccc(-c3nc(-c4cc(-c5nsc(-c6cccc(-c7nsc(C)n7)c6)n5)cc(-c5nsc(-c6cccc(-c7nsc(C)n7)c6)n5)c4)ns3)c2)ns1. The van der Waals surface area contributed by atoms with Gasteiger partial charge in [0, 0.05) is 50.1 Å². The van der Waals surface area contributed by atoms with E-state index in [-0.39, 0.29) is 0 Å². The highest BCUT2D eigenvalue weighted by Crippen LogP contribution is 2.37. The van der Waals surface area contributed by atoms with Crippen molar-refractivity contribution in [3.05, 3.63) is 106 Å². The van der Waals surface area contributed by atoms with Crippen LogP contribution >= 0.6 is 69.2 Å². The molecule has 0 atom stereocenters. The molecule has 0 N–H and O–H groups in total. The molecule has 0 fully saturated rings. The zero-order valence-electron chi connectivity index (χ0n) is 30.0. The molecule has 0 radical (unpaired) electrons. The van der Waals surface area contributed by atoms with Gasteiger partial charge in [0.25, 0.3) is 0 Å². The third-order valence-corrected chi connectivity index (χ3v) is 12.8. The van der Waals surface area contributed by atoms with Crippen LogP contribution in [0.3, 0.4) is 0 Å². The molecule has 4 aromatic carbocycles. The Morgan fingerprint density at radius 3 is 0.807 bits per heavy atom. The maximum Gasteiger partial charge on any atom is 0.173 e. The number of aromatic nitrogens is 12. The first-order valence-corrected chi connectivity index (χ1v) is 21.9. The molecule has 57 heavy (non-hydrogen) atoms. The van der Waals surface area contributed by atoms with Gasteiger partial charge in [0.2, 0.25) is 0 Å². The molecular formula is C39H24N12S6. The number of benzene rings is 4. The summed E-state index contributed by atoms with van der Waals surface area (Å²) < 4.78 is 28.0. The van der Waals surface area contributed by atoms with Crippen molar-refractivity contribution < 1.29 is 0 Å². The summed E-state index contributed by atoms with van der Waals surface area (Å²) >= 11 is 8.18. The average molecular weight is 853 g/mol. The van der Waals surface area contributed by atoms with Crippen LogP contribution in [0.25, 0.3) is 100 Å². The molecule has 10 rings (SSSR count). The second-order valence-electron chi connectivity index (χ2n) is 12.7. The Balaban J connectivity index is 1.03. The van der Waals surface area contributed by atoms with Crippen LogP contribution in [0.2, 0.25) is 0 Å². The van der Waals surface area contributed by atoms with E-state index in [1.54, 1.807) is 0 Å². The van der Waals surface area contributed by atoms with Gasteiger partial charge >= 0.3 is 0 Å². The standard InChI is InChI=1S/C39H24N12S6/c1-19-40-31(46-52-19)22-7-4-10-25(13-22)37-43-34(49-55-37)28-16-29(35-44-38(56-50-35)26-11-5-8-23(14-26)32-41-20(2)53-47-32)18-30(17-28)36-45-39(57-51-36)27-12-6-9-24(15-27)33-42-21(3)54-48-33/h4-18H,1-3H3. The quantitative estimate of drug-likeness (QED) is 0.136. The predicted molar refractivity (Wildman–Crippen MR) is 230 cm³/mol. The Morgan fingerprint density at radius 1 is 0.281 bits per heavy atom. The minimum absolute atomic E-state index is 0.578. The summed E-state index contributed by atoms with van der Waals surface area (Å²) in [5.41, 5.74) is 7.99. The minimum atomic E-state index is 0.578. The Kier molecular flexibility index (Phi) is 9.35. The van der Waals surface area contributed by atoms with Gasteiger partial charge in [-0.15, -0.1) is 0 Å². The first kappa shape index (κ1) is 35.6. The lowest BCUT2D eigenvalue weighted by Gasteiger charge is -2.05. The lowest BCUT2D eigenvalue weighted by atomic mass is 10.0. The Bertz CT molecular complexity index is 2730. The van der Waals surface area contributed by atoms with E-state index in [1.807, 2.05) is 93.6 Å². The zero-order chi connectivity index (χ0) is 38.5. The summed E-state index contributed by atoms with van der Waals surface area (Å²) in [6, 6.07) is 30.3. The molecule has 276 valence electrons. The third-order valence-electron chi connectivity index (χ3n) is 8.67. The van der Waals surface area contributed by atoms with Gasteiger partial charge in [-0.2, -0.15) is 26.2 Å². The molecule has 6 heterocycles. The highest BCUT2D eigenvalue weighted by Gasteiger charge is 2.19. The van der Waals surface area contributed by atoms with Gasteiger partial charge in [0.15, 0.2) is 34.9 Å². The zero-order valence-corrected chi connectivity index (χ0v) is 34.9. The van der Waals surface area contributed by atoms with Crippen molar-refractivity contribution >= 4 is 69.2 Å². The highest BCUT2D eigenvalue weighted by molar-refractivity contribution is 7.10. The van der Waals surface area contributed by atoms with Gasteiger partial charge in [-0.1, -0.05) is 54.6 Å². The molecule has 18 heteroatoms. The fraction of sp³-hybridized carbons (Fsp3) is 0.0769. The van der Waals surface area contributed by atoms with Crippen LogP contribution in [0.4, 0.5) is 0 Å². The van der Waals surface area contributed by atoms with Gasteiger partial charge in [-0.05, 0) is 126 Å². The number of hydrogen-bond donors (Lipinski definition) is 0. The topological polar surface area (TPSA) is 155 Å². The lowest BCUT2D eigenvalue weighted by Crippen LogP contribution is -1.90. The Labute approximate surface area is 349 Å². The van der Waals surface area contributed by atoms with E-state index < -0.39 is 0 Å². The van der Waals surface area contributed by atoms with Crippen molar-refractivity contribution in [1.82, 2.24) is 56.1 Å². The van der Waals surface area contributed by atoms with Crippen LogP contribution in [-0.2, 0) is 0 Å². The molecule has 6 aromatic heterocycles. The molecule has 0 saturated heterocycles. The molecule has 12 nitrogen and oxygen atoms in total. The van der Waals surface area contributed by atoms with Gasteiger partial charge < -0.3 is 0 Å². The highest BCUT2D eigenvalue weighted by atomic mass is 32.1. The van der Waals surface area contributed by atoms with Crippen molar-refractivity contribution in [3.63, 3.8) is 0 Å². The van der Waals surface area contributed by atoms with E-state index in [0.717, 1.165) is 80.1 Å². The van der Waals surface area contributed by atoms with Gasteiger partial charge in [0.1, 0.15) is 30.0 Å². The van der Waals surface area contributed by atoms with Gasteiger partial charge in [-0.25, -0.2) is 29.9 Å². The summed E-state index contributed by atoms with van der Waals surface area (Å²) in [5.74, 6) is 3.85. The van der Waals surface area contributed by atoms with E-state index in [0.29, 0.717) is 34.9 Å². The number of hydrogen-bond acceptors (Lipinski definition) is 18. The lowest BCUT2D eigenvalue weighted by molar-refractivity contribution is 1.26. The van der Waals surface area contributed by atoms with Crippen LogP contribution in [0.1, 0.15) is 15.0 Å². The Hall–Kier alpha value is -5.76.